The zero-order valence-electron chi connectivity index (χ0n) is 9.83. The summed E-state index contributed by atoms with van der Waals surface area (Å²) in [6.45, 7) is 4.43. The van der Waals surface area contributed by atoms with E-state index in [1.165, 1.54) is 25.7 Å². The summed E-state index contributed by atoms with van der Waals surface area (Å²) in [5, 5.41) is 11.5. The van der Waals surface area contributed by atoms with Gasteiger partial charge in [0.25, 0.3) is 0 Å². The average molecular weight is 205 g/mol. The lowest BCUT2D eigenvalue weighted by molar-refractivity contribution is 0.343. The summed E-state index contributed by atoms with van der Waals surface area (Å²) in [7, 11) is 0. The highest BCUT2D eigenvalue weighted by molar-refractivity contribution is 5.31. The van der Waals surface area contributed by atoms with Crippen molar-refractivity contribution in [2.24, 2.45) is 5.92 Å². The van der Waals surface area contributed by atoms with Crippen LogP contribution in [0, 0.1) is 5.92 Å². The van der Waals surface area contributed by atoms with E-state index in [4.69, 9.17) is 0 Å². The average Bonchev–Trinajstić information content (AvgIpc) is 2.26. The van der Waals surface area contributed by atoms with Crippen molar-refractivity contribution in [1.82, 2.24) is 0 Å². The van der Waals surface area contributed by atoms with Gasteiger partial charge in [-0.3, -0.25) is 5.11 Å². The molecule has 0 spiro atoms. The van der Waals surface area contributed by atoms with Crippen LogP contribution in [-0.2, 0) is 11.5 Å². The molecule has 0 amide bonds. The Balaban J connectivity index is 2.54. The molecule has 0 aliphatic heterocycles. The number of hydrogen-bond donors (Lipinski definition) is 0. The van der Waals surface area contributed by atoms with E-state index in [0.717, 1.165) is 12.0 Å². The highest BCUT2D eigenvalue weighted by Crippen LogP contribution is 2.24. The van der Waals surface area contributed by atoms with Crippen molar-refractivity contribution < 1.29 is 5.11 Å². The van der Waals surface area contributed by atoms with Crippen molar-refractivity contribution in [2.45, 2.75) is 46.0 Å². The van der Waals surface area contributed by atoms with Gasteiger partial charge in [-0.1, -0.05) is 57.7 Å². The van der Waals surface area contributed by atoms with Gasteiger partial charge in [-0.05, 0) is 24.0 Å². The first-order valence-electron chi connectivity index (χ1n) is 6.02. The Morgan fingerprint density at radius 1 is 1.20 bits per heavy atom. The molecule has 1 aromatic carbocycles. The van der Waals surface area contributed by atoms with Gasteiger partial charge < -0.3 is 0 Å². The van der Waals surface area contributed by atoms with Crippen molar-refractivity contribution in [3.05, 3.63) is 29.8 Å². The maximum absolute atomic E-state index is 11.5. The third-order valence-electron chi connectivity index (χ3n) is 3.02. The molecule has 1 atom stereocenters. The van der Waals surface area contributed by atoms with Crippen LogP contribution in [0.25, 0.3) is 0 Å². The summed E-state index contributed by atoms with van der Waals surface area (Å²) in [4.78, 5) is 0. The Labute approximate surface area is 93.1 Å². The van der Waals surface area contributed by atoms with Gasteiger partial charge in [-0.2, -0.15) is 0 Å². The molecular formula is C14H21O. The van der Waals surface area contributed by atoms with Gasteiger partial charge in [0.2, 0.25) is 0 Å². The fraction of sp³-hybridized carbons (Fsp3) is 0.571. The summed E-state index contributed by atoms with van der Waals surface area (Å²) in [6.07, 6.45) is 5.90. The molecule has 1 rings (SSSR count). The van der Waals surface area contributed by atoms with E-state index in [0.29, 0.717) is 5.92 Å². The minimum absolute atomic E-state index is 0.201. The maximum atomic E-state index is 11.5. The summed E-state index contributed by atoms with van der Waals surface area (Å²) in [5.74, 6) is 0.882. The number of hydrogen-bond acceptors (Lipinski definition) is 0. The molecule has 0 heterocycles. The van der Waals surface area contributed by atoms with Crippen molar-refractivity contribution in [3.63, 3.8) is 0 Å². The van der Waals surface area contributed by atoms with E-state index in [2.05, 4.69) is 13.8 Å². The van der Waals surface area contributed by atoms with E-state index in [1.807, 2.05) is 18.2 Å². The molecule has 1 aromatic rings. The van der Waals surface area contributed by atoms with E-state index in [-0.39, 0.29) is 5.75 Å². The van der Waals surface area contributed by atoms with Gasteiger partial charge in [0.1, 0.15) is 0 Å². The minimum atomic E-state index is 0.201. The Morgan fingerprint density at radius 2 is 1.93 bits per heavy atom. The van der Waals surface area contributed by atoms with E-state index >= 15 is 0 Å². The molecule has 1 nitrogen and oxygen atoms in total. The first-order valence-corrected chi connectivity index (χ1v) is 6.02. The molecule has 83 valence electrons. The lowest BCUT2D eigenvalue weighted by Gasteiger charge is -2.14. The normalized spacial score (nSPS) is 12.7. The van der Waals surface area contributed by atoms with Gasteiger partial charge in [-0.15, -0.1) is 0 Å². The van der Waals surface area contributed by atoms with Crippen molar-refractivity contribution >= 4 is 0 Å². The largest absolute Gasteiger partial charge is 0.290 e. The van der Waals surface area contributed by atoms with Crippen LogP contribution in [0.1, 0.15) is 45.1 Å². The van der Waals surface area contributed by atoms with Crippen LogP contribution < -0.4 is 0 Å². The van der Waals surface area contributed by atoms with Crippen molar-refractivity contribution in [1.29, 1.82) is 0 Å². The topological polar surface area (TPSA) is 19.9 Å². The van der Waals surface area contributed by atoms with Gasteiger partial charge in [0, 0.05) is 0 Å². The molecule has 1 radical (unpaired) electrons. The number of unbranched alkanes of at least 4 members (excludes halogenated alkanes) is 1. The van der Waals surface area contributed by atoms with Crippen LogP contribution in [0.3, 0.4) is 0 Å². The van der Waals surface area contributed by atoms with E-state index in [1.54, 1.807) is 6.07 Å². The molecule has 1 heteroatoms. The lowest BCUT2D eigenvalue weighted by atomic mass is 9.92. The zero-order valence-corrected chi connectivity index (χ0v) is 9.83. The molecule has 0 aromatic heterocycles. The second-order valence-electron chi connectivity index (χ2n) is 4.23. The van der Waals surface area contributed by atoms with Gasteiger partial charge >= 0.3 is 0 Å². The Morgan fingerprint density at radius 3 is 2.53 bits per heavy atom. The van der Waals surface area contributed by atoms with Crippen LogP contribution in [0.4, 0.5) is 0 Å². The molecule has 15 heavy (non-hydrogen) atoms. The van der Waals surface area contributed by atoms with Gasteiger partial charge in [-0.25, -0.2) is 0 Å². The number of para-hydroxylation sites is 1. The predicted molar refractivity (Wildman–Crippen MR) is 63.6 cm³/mol. The Hall–Kier alpha value is -0.980. The van der Waals surface area contributed by atoms with Crippen LogP contribution in [0.5, 0.6) is 5.75 Å². The molecule has 1 unspecified atom stereocenters. The number of rotatable bonds is 6. The van der Waals surface area contributed by atoms with Crippen LogP contribution in [-0.4, -0.2) is 0 Å². The Bertz CT molecular complexity index is 280. The summed E-state index contributed by atoms with van der Waals surface area (Å²) < 4.78 is 0. The minimum Gasteiger partial charge on any atom is -0.290 e. The van der Waals surface area contributed by atoms with Crippen LogP contribution in [0.15, 0.2) is 24.3 Å². The molecule has 0 saturated carbocycles. The van der Waals surface area contributed by atoms with Crippen molar-refractivity contribution in [3.8, 4) is 5.75 Å². The Kier molecular flexibility index (Phi) is 5.23. The first-order chi connectivity index (χ1) is 7.27. The monoisotopic (exact) mass is 205 g/mol. The molecule has 0 saturated heterocycles. The third-order valence-corrected chi connectivity index (χ3v) is 3.02. The highest BCUT2D eigenvalue weighted by Gasteiger charge is 2.10. The fourth-order valence-electron chi connectivity index (χ4n) is 1.93. The summed E-state index contributed by atoms with van der Waals surface area (Å²) in [5.41, 5.74) is 0.987. The highest BCUT2D eigenvalue weighted by atomic mass is 16.3. The summed E-state index contributed by atoms with van der Waals surface area (Å²) >= 11 is 0. The SMILES string of the molecule is CCCCC(CC)Cc1ccccc1[O]. The van der Waals surface area contributed by atoms with Crippen LogP contribution in [0.2, 0.25) is 0 Å². The molecule has 0 fully saturated rings. The van der Waals surface area contributed by atoms with Crippen molar-refractivity contribution in [2.75, 3.05) is 0 Å². The molecule has 0 aliphatic rings. The maximum Gasteiger partial charge on any atom is 0.181 e. The van der Waals surface area contributed by atoms with E-state index in [9.17, 15) is 5.11 Å². The first kappa shape index (κ1) is 12.1. The van der Waals surface area contributed by atoms with Gasteiger partial charge in [0.05, 0.1) is 0 Å². The predicted octanol–water partition coefficient (Wildman–Crippen LogP) is 4.59. The van der Waals surface area contributed by atoms with E-state index < -0.39 is 0 Å². The quantitative estimate of drug-likeness (QED) is 0.647. The second kappa shape index (κ2) is 6.49. The molecule has 0 bridgehead atoms. The fourth-order valence-corrected chi connectivity index (χ4v) is 1.93. The van der Waals surface area contributed by atoms with Gasteiger partial charge in [0.15, 0.2) is 5.75 Å². The second-order valence-corrected chi connectivity index (χ2v) is 4.23. The molecular weight excluding hydrogens is 184 g/mol. The molecule has 0 aliphatic carbocycles. The third kappa shape index (κ3) is 3.94. The standard InChI is InChI=1S/C14H21O/c1-3-5-8-12(4-2)11-13-9-6-7-10-14(13)15/h6-7,9-10,12H,3-5,8,11H2,1-2H3. The molecule has 0 N–H and O–H groups in total. The lowest BCUT2D eigenvalue weighted by Crippen LogP contribution is -2.03. The number of benzene rings is 1. The van der Waals surface area contributed by atoms with Crippen LogP contribution >= 0.6 is 0 Å². The summed E-state index contributed by atoms with van der Waals surface area (Å²) in [6, 6.07) is 7.42. The smallest absolute Gasteiger partial charge is 0.181 e. The zero-order chi connectivity index (χ0) is 11.1.